The fourth-order valence-corrected chi connectivity index (χ4v) is 0.851. The minimum atomic E-state index is 0.921. The van der Waals surface area contributed by atoms with Crippen LogP contribution in [0.25, 0.3) is 0 Å². The zero-order valence-corrected chi connectivity index (χ0v) is 7.89. The van der Waals surface area contributed by atoms with Crippen LogP contribution in [-0.4, -0.2) is 13.3 Å². The molecule has 1 rings (SSSR count). The summed E-state index contributed by atoms with van der Waals surface area (Å²) in [4.78, 5) is 0. The average Bonchev–Trinajstić information content (AvgIpc) is 2.20. The molecule has 1 aromatic carbocycles. The van der Waals surface area contributed by atoms with Crippen LogP contribution in [0.1, 0.15) is 19.4 Å². The molecular weight excluding hydrogens is 148 g/mol. The van der Waals surface area contributed by atoms with E-state index in [0.717, 1.165) is 11.3 Å². The van der Waals surface area contributed by atoms with Crippen molar-refractivity contribution in [3.8, 4) is 0 Å². The lowest BCUT2D eigenvalue weighted by Crippen LogP contribution is -1.92. The Balaban J connectivity index is 0.000000561. The van der Waals surface area contributed by atoms with E-state index in [-0.39, 0.29) is 0 Å². The number of hydrogen-bond donors (Lipinski definition) is 2. The first-order chi connectivity index (χ1) is 5.88. The molecule has 2 heteroatoms. The fourth-order valence-electron chi connectivity index (χ4n) is 0.851. The van der Waals surface area contributed by atoms with Crippen LogP contribution >= 0.6 is 0 Å². The molecule has 2 N–H and O–H groups in total. The van der Waals surface area contributed by atoms with E-state index >= 15 is 0 Å². The summed E-state index contributed by atoms with van der Waals surface area (Å²) in [6, 6.07) is 7.71. The number of hydrogen-bond acceptors (Lipinski definition) is 2. The summed E-state index contributed by atoms with van der Waals surface area (Å²) in [5.74, 6) is 0. The summed E-state index contributed by atoms with van der Waals surface area (Å²) in [5, 5.41) is 10.0. The van der Waals surface area contributed by atoms with E-state index in [9.17, 15) is 0 Å². The predicted molar refractivity (Wildman–Crippen MR) is 55.2 cm³/mol. The summed E-state index contributed by atoms with van der Waals surface area (Å²) >= 11 is 0. The third-order valence-electron chi connectivity index (χ3n) is 1.39. The van der Waals surface area contributed by atoms with Crippen molar-refractivity contribution in [1.82, 2.24) is 0 Å². The van der Waals surface area contributed by atoms with Crippen molar-refractivity contribution in [3.63, 3.8) is 0 Å². The smallest absolute Gasteiger partial charge is 0.0426 e. The molecule has 12 heavy (non-hydrogen) atoms. The molecule has 0 amide bonds. The summed E-state index contributed by atoms with van der Waals surface area (Å²) in [6.45, 7) is 4.00. The van der Waals surface area contributed by atoms with Gasteiger partial charge < -0.3 is 10.7 Å². The highest BCUT2D eigenvalue weighted by molar-refractivity contribution is 5.85. The number of rotatable bonds is 2. The molecule has 0 atom stereocenters. The Kier molecular flexibility index (Phi) is 5.70. The quantitative estimate of drug-likeness (QED) is 0.648. The van der Waals surface area contributed by atoms with E-state index in [4.69, 9.17) is 5.41 Å². The van der Waals surface area contributed by atoms with Crippen LogP contribution in [0.4, 0.5) is 5.69 Å². The van der Waals surface area contributed by atoms with Gasteiger partial charge in [0.15, 0.2) is 0 Å². The third-order valence-corrected chi connectivity index (χ3v) is 1.39. The van der Waals surface area contributed by atoms with E-state index in [1.807, 2.05) is 45.2 Å². The lowest BCUT2D eigenvalue weighted by molar-refractivity contribution is 1.48. The van der Waals surface area contributed by atoms with Crippen molar-refractivity contribution in [3.05, 3.63) is 29.8 Å². The SMILES string of the molecule is CC.CNc1ccccc1C=N. The summed E-state index contributed by atoms with van der Waals surface area (Å²) in [6.07, 6.45) is 1.34. The van der Waals surface area contributed by atoms with E-state index in [2.05, 4.69) is 5.32 Å². The van der Waals surface area contributed by atoms with Gasteiger partial charge in [-0.15, -0.1) is 0 Å². The predicted octanol–water partition coefficient (Wildman–Crippen LogP) is 2.75. The summed E-state index contributed by atoms with van der Waals surface area (Å²) in [5.41, 5.74) is 1.92. The number of benzene rings is 1. The van der Waals surface area contributed by atoms with Crippen LogP contribution in [0.5, 0.6) is 0 Å². The van der Waals surface area contributed by atoms with Crippen LogP contribution in [0.15, 0.2) is 24.3 Å². The van der Waals surface area contributed by atoms with Gasteiger partial charge in [0, 0.05) is 24.5 Å². The van der Waals surface area contributed by atoms with Gasteiger partial charge in [-0.1, -0.05) is 32.0 Å². The van der Waals surface area contributed by atoms with Crippen molar-refractivity contribution in [2.75, 3.05) is 12.4 Å². The highest BCUT2D eigenvalue weighted by atomic mass is 14.8. The molecule has 66 valence electrons. The molecule has 0 unspecified atom stereocenters. The summed E-state index contributed by atoms with van der Waals surface area (Å²) < 4.78 is 0. The standard InChI is InChI=1S/C8H10N2.C2H6/c1-10-8-5-3-2-4-7(8)6-9;1-2/h2-6,9-10H,1H3;1-2H3. The molecule has 0 fully saturated rings. The second-order valence-electron chi connectivity index (χ2n) is 1.98. The Bertz CT molecular complexity index is 231. The molecule has 0 heterocycles. The van der Waals surface area contributed by atoms with Crippen LogP contribution < -0.4 is 5.32 Å². The number of anilines is 1. The lowest BCUT2D eigenvalue weighted by atomic mass is 10.2. The molecule has 0 saturated carbocycles. The zero-order chi connectivity index (χ0) is 9.40. The number of nitrogens with one attached hydrogen (secondary N) is 2. The van der Waals surface area contributed by atoms with Gasteiger partial charge in [-0.3, -0.25) is 0 Å². The highest BCUT2D eigenvalue weighted by Gasteiger charge is 1.92. The molecule has 1 aromatic rings. The fraction of sp³-hybridized carbons (Fsp3) is 0.300. The highest BCUT2D eigenvalue weighted by Crippen LogP contribution is 2.10. The molecule has 0 aliphatic carbocycles. The maximum atomic E-state index is 7.02. The van der Waals surface area contributed by atoms with Gasteiger partial charge in [-0.25, -0.2) is 0 Å². The molecular formula is C10H16N2. The number of para-hydroxylation sites is 1. The second-order valence-corrected chi connectivity index (χ2v) is 1.98. The Hall–Kier alpha value is -1.31. The van der Waals surface area contributed by atoms with E-state index < -0.39 is 0 Å². The lowest BCUT2D eigenvalue weighted by Gasteiger charge is -2.01. The average molecular weight is 164 g/mol. The van der Waals surface area contributed by atoms with Crippen LogP contribution in [0, 0.1) is 5.41 Å². The Morgan fingerprint density at radius 3 is 2.25 bits per heavy atom. The first-order valence-corrected chi connectivity index (χ1v) is 4.15. The van der Waals surface area contributed by atoms with Gasteiger partial charge in [0.1, 0.15) is 0 Å². The summed E-state index contributed by atoms with van der Waals surface area (Å²) in [7, 11) is 1.85. The van der Waals surface area contributed by atoms with Gasteiger partial charge in [-0.05, 0) is 6.07 Å². The van der Waals surface area contributed by atoms with Gasteiger partial charge in [0.2, 0.25) is 0 Å². The van der Waals surface area contributed by atoms with Crippen molar-refractivity contribution in [2.24, 2.45) is 0 Å². The van der Waals surface area contributed by atoms with Crippen molar-refractivity contribution >= 4 is 11.9 Å². The van der Waals surface area contributed by atoms with Crippen LogP contribution in [0.2, 0.25) is 0 Å². The Labute approximate surface area is 74.1 Å². The van der Waals surface area contributed by atoms with Gasteiger partial charge in [0.05, 0.1) is 0 Å². The van der Waals surface area contributed by atoms with Crippen LogP contribution in [0.3, 0.4) is 0 Å². The topological polar surface area (TPSA) is 35.9 Å². The largest absolute Gasteiger partial charge is 0.388 e. The van der Waals surface area contributed by atoms with Crippen molar-refractivity contribution < 1.29 is 0 Å². The van der Waals surface area contributed by atoms with Gasteiger partial charge in [-0.2, -0.15) is 0 Å². The van der Waals surface area contributed by atoms with E-state index in [0.29, 0.717) is 0 Å². The van der Waals surface area contributed by atoms with Gasteiger partial charge >= 0.3 is 0 Å². The maximum Gasteiger partial charge on any atom is 0.0426 e. The molecule has 0 aromatic heterocycles. The second kappa shape index (κ2) is 6.40. The Morgan fingerprint density at radius 1 is 1.25 bits per heavy atom. The monoisotopic (exact) mass is 164 g/mol. The van der Waals surface area contributed by atoms with E-state index in [1.54, 1.807) is 0 Å². The van der Waals surface area contributed by atoms with Crippen molar-refractivity contribution in [2.45, 2.75) is 13.8 Å². The molecule has 0 bridgehead atoms. The minimum Gasteiger partial charge on any atom is -0.388 e. The Morgan fingerprint density at radius 2 is 1.83 bits per heavy atom. The molecule has 0 aliphatic heterocycles. The minimum absolute atomic E-state index is 0.921. The molecule has 0 radical (unpaired) electrons. The van der Waals surface area contributed by atoms with E-state index in [1.165, 1.54) is 6.21 Å². The first kappa shape index (κ1) is 10.7. The maximum absolute atomic E-state index is 7.02. The third kappa shape index (κ3) is 2.74. The molecule has 0 saturated heterocycles. The normalized spacial score (nSPS) is 7.92. The van der Waals surface area contributed by atoms with Crippen LogP contribution in [-0.2, 0) is 0 Å². The molecule has 2 nitrogen and oxygen atoms in total. The van der Waals surface area contributed by atoms with Gasteiger partial charge in [0.25, 0.3) is 0 Å². The zero-order valence-electron chi connectivity index (χ0n) is 7.89. The molecule has 0 aliphatic rings. The van der Waals surface area contributed by atoms with Crippen molar-refractivity contribution in [1.29, 1.82) is 5.41 Å². The first-order valence-electron chi connectivity index (χ1n) is 4.15. The molecule has 0 spiro atoms.